The topological polar surface area (TPSA) is 27.0 Å². The molecular formula is C12H14ClFN2. The molecule has 1 aromatic carbocycles. The first-order valence-corrected chi connectivity index (χ1v) is 5.46. The molecule has 1 rings (SSSR count). The highest BCUT2D eigenvalue weighted by atomic mass is 35.5. The number of nitriles is 1. The van der Waals surface area contributed by atoms with E-state index >= 15 is 0 Å². The summed E-state index contributed by atoms with van der Waals surface area (Å²) in [6.45, 7) is 2.44. The van der Waals surface area contributed by atoms with Gasteiger partial charge in [0.05, 0.1) is 12.1 Å². The molecule has 0 heterocycles. The third-order valence-corrected chi connectivity index (χ3v) is 2.82. The first-order valence-electron chi connectivity index (χ1n) is 5.08. The van der Waals surface area contributed by atoms with Gasteiger partial charge in [-0.1, -0.05) is 11.6 Å². The molecule has 1 unspecified atom stereocenters. The van der Waals surface area contributed by atoms with Gasteiger partial charge in [0.25, 0.3) is 0 Å². The monoisotopic (exact) mass is 240 g/mol. The van der Waals surface area contributed by atoms with E-state index in [1.807, 2.05) is 18.9 Å². The van der Waals surface area contributed by atoms with Crippen LogP contribution in [0.1, 0.15) is 12.5 Å². The maximum atomic E-state index is 13.4. The van der Waals surface area contributed by atoms with Crippen LogP contribution in [0.15, 0.2) is 18.2 Å². The number of hydrogen-bond donors (Lipinski definition) is 0. The van der Waals surface area contributed by atoms with E-state index in [0.717, 1.165) is 0 Å². The average Bonchev–Trinajstić information content (AvgIpc) is 2.28. The molecule has 0 aliphatic rings. The SMILES string of the molecule is CC(C#N)N(C)CCc1cc(Cl)ccc1F. The molecule has 0 aliphatic carbocycles. The van der Waals surface area contributed by atoms with Gasteiger partial charge in [-0.2, -0.15) is 5.26 Å². The molecule has 1 aromatic rings. The molecule has 0 saturated heterocycles. The molecule has 86 valence electrons. The van der Waals surface area contributed by atoms with Crippen molar-refractivity contribution < 1.29 is 4.39 Å². The summed E-state index contributed by atoms with van der Waals surface area (Å²) in [6, 6.07) is 6.49. The Balaban J connectivity index is 2.61. The molecule has 0 aliphatic heterocycles. The molecule has 0 fully saturated rings. The van der Waals surface area contributed by atoms with Crippen LogP contribution in [0, 0.1) is 17.1 Å². The normalized spacial score (nSPS) is 12.5. The summed E-state index contributed by atoms with van der Waals surface area (Å²) in [6.07, 6.45) is 0.551. The molecule has 16 heavy (non-hydrogen) atoms. The highest BCUT2D eigenvalue weighted by Crippen LogP contribution is 2.15. The van der Waals surface area contributed by atoms with Crippen molar-refractivity contribution in [3.8, 4) is 6.07 Å². The molecule has 1 atom stereocenters. The maximum absolute atomic E-state index is 13.4. The van der Waals surface area contributed by atoms with Crippen LogP contribution in [0.3, 0.4) is 0 Å². The second-order valence-corrected chi connectivity index (χ2v) is 4.21. The van der Waals surface area contributed by atoms with Crippen LogP contribution >= 0.6 is 11.6 Å². The third-order valence-electron chi connectivity index (χ3n) is 2.59. The quantitative estimate of drug-likeness (QED) is 0.809. The van der Waals surface area contributed by atoms with Crippen molar-refractivity contribution in [3.05, 3.63) is 34.6 Å². The molecular weight excluding hydrogens is 227 g/mol. The molecule has 0 amide bonds. The lowest BCUT2D eigenvalue weighted by molar-refractivity contribution is 0.305. The zero-order valence-corrected chi connectivity index (χ0v) is 10.1. The van der Waals surface area contributed by atoms with Crippen molar-refractivity contribution >= 4 is 11.6 Å². The van der Waals surface area contributed by atoms with Crippen molar-refractivity contribution in [1.29, 1.82) is 5.26 Å². The van der Waals surface area contributed by atoms with Gasteiger partial charge in [0.2, 0.25) is 0 Å². The smallest absolute Gasteiger partial charge is 0.126 e. The number of halogens is 2. The molecule has 2 nitrogen and oxygen atoms in total. The maximum Gasteiger partial charge on any atom is 0.126 e. The standard InChI is InChI=1S/C12H14ClFN2/c1-9(8-15)16(2)6-5-10-7-11(13)3-4-12(10)14/h3-4,7,9H,5-6H2,1-2H3. The highest BCUT2D eigenvalue weighted by molar-refractivity contribution is 6.30. The minimum Gasteiger partial charge on any atom is -0.291 e. The largest absolute Gasteiger partial charge is 0.291 e. The summed E-state index contributed by atoms with van der Waals surface area (Å²) in [4.78, 5) is 1.88. The van der Waals surface area contributed by atoms with Crippen LogP contribution in [0.25, 0.3) is 0 Å². The first kappa shape index (κ1) is 13.0. The summed E-state index contributed by atoms with van der Waals surface area (Å²) in [5.41, 5.74) is 0.587. The second kappa shape index (κ2) is 5.83. The molecule has 4 heteroatoms. The second-order valence-electron chi connectivity index (χ2n) is 3.77. The van der Waals surface area contributed by atoms with Gasteiger partial charge in [-0.05, 0) is 44.2 Å². The fourth-order valence-corrected chi connectivity index (χ4v) is 1.52. The van der Waals surface area contributed by atoms with Crippen LogP contribution in [0.4, 0.5) is 4.39 Å². The van der Waals surface area contributed by atoms with E-state index in [1.165, 1.54) is 12.1 Å². The molecule has 0 saturated carbocycles. The molecule has 0 bridgehead atoms. The van der Waals surface area contributed by atoms with Gasteiger partial charge in [0.15, 0.2) is 0 Å². The van der Waals surface area contributed by atoms with Crippen LogP contribution < -0.4 is 0 Å². The molecule has 0 radical (unpaired) electrons. The van der Waals surface area contributed by atoms with Gasteiger partial charge < -0.3 is 0 Å². The summed E-state index contributed by atoms with van der Waals surface area (Å²) >= 11 is 5.79. The number of hydrogen-bond acceptors (Lipinski definition) is 2. The Hall–Kier alpha value is -1.11. The van der Waals surface area contributed by atoms with Crippen molar-refractivity contribution in [2.24, 2.45) is 0 Å². The summed E-state index contributed by atoms with van der Waals surface area (Å²) in [7, 11) is 1.84. The summed E-state index contributed by atoms with van der Waals surface area (Å²) in [5.74, 6) is -0.248. The average molecular weight is 241 g/mol. The zero-order chi connectivity index (χ0) is 12.1. The van der Waals surface area contributed by atoms with Crippen molar-refractivity contribution in [1.82, 2.24) is 4.90 Å². The Bertz CT molecular complexity index is 400. The van der Waals surface area contributed by atoms with E-state index in [4.69, 9.17) is 16.9 Å². The van der Waals surface area contributed by atoms with Crippen molar-refractivity contribution in [2.45, 2.75) is 19.4 Å². The van der Waals surface area contributed by atoms with Gasteiger partial charge in [-0.25, -0.2) is 4.39 Å². The predicted molar refractivity (Wildman–Crippen MR) is 62.8 cm³/mol. The highest BCUT2D eigenvalue weighted by Gasteiger charge is 2.09. The minimum absolute atomic E-state index is 0.165. The fraction of sp³-hybridized carbons (Fsp3) is 0.417. The number of nitrogens with zero attached hydrogens (tertiary/aromatic N) is 2. The van der Waals surface area contributed by atoms with Gasteiger partial charge in [-0.15, -0.1) is 0 Å². The molecule has 0 N–H and O–H groups in total. The van der Waals surface area contributed by atoms with Crippen LogP contribution in [0.5, 0.6) is 0 Å². The first-order chi connectivity index (χ1) is 7.54. The summed E-state index contributed by atoms with van der Waals surface area (Å²) in [5, 5.41) is 9.25. The van der Waals surface area contributed by atoms with Gasteiger partial charge in [-0.3, -0.25) is 4.90 Å². The lowest BCUT2D eigenvalue weighted by Gasteiger charge is -2.18. The Kier molecular flexibility index (Phi) is 4.72. The molecule has 0 spiro atoms. The lowest BCUT2D eigenvalue weighted by atomic mass is 10.1. The third kappa shape index (κ3) is 3.48. The minimum atomic E-state index is -0.248. The van der Waals surface area contributed by atoms with Crippen molar-refractivity contribution in [3.63, 3.8) is 0 Å². The Morgan fingerprint density at radius 2 is 2.25 bits per heavy atom. The van der Waals surface area contributed by atoms with E-state index in [1.54, 1.807) is 6.07 Å². The number of likely N-dealkylation sites (N-methyl/N-ethyl adjacent to an activating group) is 1. The van der Waals surface area contributed by atoms with Crippen LogP contribution in [-0.4, -0.2) is 24.5 Å². The summed E-state index contributed by atoms with van der Waals surface area (Å²) < 4.78 is 13.4. The predicted octanol–water partition coefficient (Wildman–Crippen LogP) is 2.87. The van der Waals surface area contributed by atoms with E-state index in [2.05, 4.69) is 6.07 Å². The van der Waals surface area contributed by atoms with Crippen molar-refractivity contribution in [2.75, 3.05) is 13.6 Å². The van der Waals surface area contributed by atoms with Crippen LogP contribution in [0.2, 0.25) is 5.02 Å². The molecule has 0 aromatic heterocycles. The van der Waals surface area contributed by atoms with E-state index < -0.39 is 0 Å². The number of benzene rings is 1. The fourth-order valence-electron chi connectivity index (χ4n) is 1.32. The van der Waals surface area contributed by atoms with Gasteiger partial charge >= 0.3 is 0 Å². The van der Waals surface area contributed by atoms with E-state index in [9.17, 15) is 4.39 Å². The van der Waals surface area contributed by atoms with Crippen LogP contribution in [-0.2, 0) is 6.42 Å². The van der Waals surface area contributed by atoms with E-state index in [0.29, 0.717) is 23.6 Å². The van der Waals surface area contributed by atoms with Gasteiger partial charge in [0, 0.05) is 11.6 Å². The lowest BCUT2D eigenvalue weighted by Crippen LogP contribution is -2.29. The Morgan fingerprint density at radius 3 is 2.88 bits per heavy atom. The Labute approximate surface area is 100 Å². The number of rotatable bonds is 4. The Morgan fingerprint density at radius 1 is 1.56 bits per heavy atom. The van der Waals surface area contributed by atoms with Gasteiger partial charge in [0.1, 0.15) is 5.82 Å². The zero-order valence-electron chi connectivity index (χ0n) is 9.37. The van der Waals surface area contributed by atoms with E-state index in [-0.39, 0.29) is 11.9 Å².